The minimum Gasteiger partial charge on any atom is -0.465 e. The van der Waals surface area contributed by atoms with E-state index in [-0.39, 0.29) is 36.2 Å². The van der Waals surface area contributed by atoms with Gasteiger partial charge in [-0.05, 0) is 32.8 Å². The first-order valence-electron chi connectivity index (χ1n) is 9.48. The first-order valence-corrected chi connectivity index (χ1v) is 9.48. The molecule has 1 aromatic carbocycles. The SMILES string of the molecule is CCOC(=O)C1C(C)=NC2=C(C(=O)CCC2)[C@H]1c1cc2c(cc1[N+](=O)[O-])OCO2. The van der Waals surface area contributed by atoms with Gasteiger partial charge in [0.25, 0.3) is 5.69 Å². The van der Waals surface area contributed by atoms with Crippen molar-refractivity contribution in [2.75, 3.05) is 13.4 Å². The average molecular weight is 400 g/mol. The summed E-state index contributed by atoms with van der Waals surface area (Å²) in [4.78, 5) is 41.5. The molecule has 0 bridgehead atoms. The third-order valence-electron chi connectivity index (χ3n) is 5.43. The molecule has 29 heavy (non-hydrogen) atoms. The topological polar surface area (TPSA) is 117 Å². The van der Waals surface area contributed by atoms with Crippen LogP contribution in [-0.2, 0) is 14.3 Å². The Hall–Kier alpha value is -3.23. The number of nitro benzene ring substituents is 1. The van der Waals surface area contributed by atoms with Crippen LogP contribution in [0.5, 0.6) is 11.5 Å². The van der Waals surface area contributed by atoms with Gasteiger partial charge in [0.2, 0.25) is 6.79 Å². The lowest BCUT2D eigenvalue weighted by atomic mass is 9.71. The standard InChI is InChI=1S/C20H20N2O7/c1-3-27-20(24)17-10(2)21-12-5-4-6-14(23)19(12)18(17)11-7-15-16(29-9-28-15)8-13(11)22(25)26/h7-8,17-18H,3-6,9H2,1-2H3/t17?,18-/m0/s1. The van der Waals surface area contributed by atoms with Crippen molar-refractivity contribution < 1.29 is 28.7 Å². The largest absolute Gasteiger partial charge is 0.465 e. The Balaban J connectivity index is 1.95. The molecule has 1 aliphatic carbocycles. The number of aliphatic imine (C=N–C) groups is 1. The highest BCUT2D eigenvalue weighted by atomic mass is 16.7. The first kappa shape index (κ1) is 19.1. The van der Waals surface area contributed by atoms with E-state index in [9.17, 15) is 19.7 Å². The highest BCUT2D eigenvalue weighted by Crippen LogP contribution is 2.49. The third-order valence-corrected chi connectivity index (χ3v) is 5.43. The van der Waals surface area contributed by atoms with Gasteiger partial charge in [0, 0.05) is 34.9 Å². The molecule has 152 valence electrons. The number of benzene rings is 1. The number of Topliss-reactive ketones (excluding diaryl/α,β-unsaturated/α-hetero) is 1. The summed E-state index contributed by atoms with van der Waals surface area (Å²) in [5, 5.41) is 11.9. The minimum atomic E-state index is -0.921. The van der Waals surface area contributed by atoms with Crippen LogP contribution < -0.4 is 9.47 Å². The normalized spacial score (nSPS) is 22.8. The van der Waals surface area contributed by atoms with Crippen LogP contribution in [0.3, 0.4) is 0 Å². The van der Waals surface area contributed by atoms with Gasteiger partial charge in [-0.25, -0.2) is 0 Å². The Morgan fingerprint density at radius 1 is 1.31 bits per heavy atom. The van der Waals surface area contributed by atoms with E-state index in [1.54, 1.807) is 13.8 Å². The Bertz CT molecular complexity index is 979. The average Bonchev–Trinajstić information content (AvgIpc) is 3.13. The number of esters is 1. The van der Waals surface area contributed by atoms with Crippen molar-refractivity contribution in [2.24, 2.45) is 10.9 Å². The second-order valence-corrected chi connectivity index (χ2v) is 7.12. The van der Waals surface area contributed by atoms with Crippen molar-refractivity contribution in [2.45, 2.75) is 39.0 Å². The molecule has 0 fully saturated rings. The number of hydrogen-bond donors (Lipinski definition) is 0. The van der Waals surface area contributed by atoms with Gasteiger partial charge >= 0.3 is 5.97 Å². The number of hydrogen-bond acceptors (Lipinski definition) is 8. The Morgan fingerprint density at radius 2 is 2.03 bits per heavy atom. The summed E-state index contributed by atoms with van der Waals surface area (Å²) in [5.41, 5.74) is 1.44. The molecule has 3 aliphatic rings. The summed E-state index contributed by atoms with van der Waals surface area (Å²) in [5.74, 6) is -1.87. The van der Waals surface area contributed by atoms with E-state index in [4.69, 9.17) is 14.2 Å². The zero-order valence-electron chi connectivity index (χ0n) is 16.1. The Labute approximate surface area is 166 Å². The van der Waals surface area contributed by atoms with Crippen molar-refractivity contribution in [3.05, 3.63) is 39.1 Å². The molecular weight excluding hydrogens is 380 g/mol. The van der Waals surface area contributed by atoms with Gasteiger partial charge in [-0.3, -0.25) is 24.7 Å². The zero-order chi connectivity index (χ0) is 20.7. The van der Waals surface area contributed by atoms with Crippen molar-refractivity contribution in [1.82, 2.24) is 0 Å². The lowest BCUT2D eigenvalue weighted by Crippen LogP contribution is -2.37. The van der Waals surface area contributed by atoms with Crippen LogP contribution in [0, 0.1) is 16.0 Å². The third kappa shape index (κ3) is 3.16. The number of ether oxygens (including phenoxy) is 3. The van der Waals surface area contributed by atoms with Gasteiger partial charge in [0.05, 0.1) is 17.6 Å². The van der Waals surface area contributed by atoms with Gasteiger partial charge in [-0.2, -0.15) is 0 Å². The van der Waals surface area contributed by atoms with Crippen molar-refractivity contribution in [1.29, 1.82) is 0 Å². The Kier molecular flexibility index (Phi) is 4.81. The van der Waals surface area contributed by atoms with E-state index >= 15 is 0 Å². The molecule has 2 atom stereocenters. The lowest BCUT2D eigenvalue weighted by Gasteiger charge is -2.34. The first-order chi connectivity index (χ1) is 13.9. The van der Waals surface area contributed by atoms with Gasteiger partial charge in [0.15, 0.2) is 17.3 Å². The van der Waals surface area contributed by atoms with Crippen LogP contribution in [0.4, 0.5) is 5.69 Å². The molecule has 9 nitrogen and oxygen atoms in total. The maximum absolute atomic E-state index is 12.9. The lowest BCUT2D eigenvalue weighted by molar-refractivity contribution is -0.385. The summed E-state index contributed by atoms with van der Waals surface area (Å²) in [6, 6.07) is 2.79. The molecule has 0 amide bonds. The van der Waals surface area contributed by atoms with Crippen molar-refractivity contribution >= 4 is 23.2 Å². The molecular formula is C20H20N2O7. The number of ketones is 1. The molecule has 2 aliphatic heterocycles. The van der Waals surface area contributed by atoms with Crippen molar-refractivity contribution in [3.63, 3.8) is 0 Å². The summed E-state index contributed by atoms with van der Waals surface area (Å²) >= 11 is 0. The number of nitrogens with zero attached hydrogens (tertiary/aromatic N) is 2. The van der Waals surface area contributed by atoms with Crippen LogP contribution in [0.1, 0.15) is 44.6 Å². The van der Waals surface area contributed by atoms with Gasteiger partial charge in [0.1, 0.15) is 5.92 Å². The number of allylic oxidation sites excluding steroid dienone is 2. The summed E-state index contributed by atoms with van der Waals surface area (Å²) in [6.45, 7) is 3.48. The van der Waals surface area contributed by atoms with Crippen LogP contribution in [0.15, 0.2) is 28.4 Å². The van der Waals surface area contributed by atoms with E-state index in [2.05, 4.69) is 4.99 Å². The molecule has 1 aromatic rings. The molecule has 0 radical (unpaired) electrons. The number of fused-ring (bicyclic) bond motifs is 1. The molecule has 0 saturated carbocycles. The highest BCUT2D eigenvalue weighted by molar-refractivity contribution is 6.09. The van der Waals surface area contributed by atoms with Crippen LogP contribution in [0.25, 0.3) is 0 Å². The van der Waals surface area contributed by atoms with Gasteiger partial charge < -0.3 is 14.2 Å². The maximum atomic E-state index is 12.9. The molecule has 9 heteroatoms. The second-order valence-electron chi connectivity index (χ2n) is 7.12. The number of rotatable bonds is 4. The molecule has 0 spiro atoms. The summed E-state index contributed by atoms with van der Waals surface area (Å²) in [6.07, 6.45) is 1.56. The molecule has 0 saturated heterocycles. The fourth-order valence-electron chi connectivity index (χ4n) is 4.23. The van der Waals surface area contributed by atoms with Crippen LogP contribution >= 0.6 is 0 Å². The van der Waals surface area contributed by atoms with Gasteiger partial charge in [-0.1, -0.05) is 0 Å². The predicted molar refractivity (Wildman–Crippen MR) is 101 cm³/mol. The van der Waals surface area contributed by atoms with Crippen LogP contribution in [-0.4, -0.2) is 35.8 Å². The molecule has 4 rings (SSSR count). The number of carbonyl (C=O) groups excluding carboxylic acids is 2. The highest BCUT2D eigenvalue weighted by Gasteiger charge is 2.46. The molecule has 1 unspecified atom stereocenters. The van der Waals surface area contributed by atoms with Crippen molar-refractivity contribution in [3.8, 4) is 11.5 Å². The summed E-state index contributed by atoms with van der Waals surface area (Å²) < 4.78 is 15.9. The predicted octanol–water partition coefficient (Wildman–Crippen LogP) is 3.07. The van der Waals surface area contributed by atoms with Crippen LogP contribution in [0.2, 0.25) is 0 Å². The number of nitro groups is 1. The molecule has 0 aromatic heterocycles. The monoisotopic (exact) mass is 400 g/mol. The second kappa shape index (κ2) is 7.31. The Morgan fingerprint density at radius 3 is 2.72 bits per heavy atom. The van der Waals surface area contributed by atoms with E-state index in [1.807, 2.05) is 0 Å². The summed E-state index contributed by atoms with van der Waals surface area (Å²) in [7, 11) is 0. The zero-order valence-corrected chi connectivity index (χ0v) is 16.1. The maximum Gasteiger partial charge on any atom is 0.315 e. The van der Waals surface area contributed by atoms with E-state index in [1.165, 1.54) is 12.1 Å². The fourth-order valence-corrected chi connectivity index (χ4v) is 4.23. The van der Waals surface area contributed by atoms with E-state index < -0.39 is 22.7 Å². The minimum absolute atomic E-state index is 0.0464. The molecule has 0 N–H and O–H groups in total. The smallest absolute Gasteiger partial charge is 0.315 e. The quantitative estimate of drug-likeness (QED) is 0.433. The fraction of sp³-hybridized carbons (Fsp3) is 0.450. The van der Waals surface area contributed by atoms with Gasteiger partial charge in [-0.15, -0.1) is 0 Å². The van der Waals surface area contributed by atoms with E-state index in [0.717, 1.165) is 0 Å². The number of carbonyl (C=O) groups is 2. The van der Waals surface area contributed by atoms with E-state index in [0.29, 0.717) is 42.0 Å². The molecule has 2 heterocycles.